The van der Waals surface area contributed by atoms with Gasteiger partial charge in [-0.25, -0.2) is 0 Å². The van der Waals surface area contributed by atoms with Crippen molar-refractivity contribution >= 4 is 17.4 Å². The fourth-order valence-corrected chi connectivity index (χ4v) is 1.85. The fourth-order valence-electron chi connectivity index (χ4n) is 1.59. The van der Waals surface area contributed by atoms with Crippen LogP contribution < -0.4 is 0 Å². The van der Waals surface area contributed by atoms with Gasteiger partial charge in [-0.3, -0.25) is 0 Å². The molecule has 0 aliphatic carbocycles. The van der Waals surface area contributed by atoms with Gasteiger partial charge in [-0.2, -0.15) is 0 Å². The van der Waals surface area contributed by atoms with E-state index in [1.54, 1.807) is 24.3 Å². The molecular weight excluding hydrogens is 258 g/mol. The highest BCUT2D eigenvalue weighted by Gasteiger charge is 2.15. The summed E-state index contributed by atoms with van der Waals surface area (Å²) >= 11 is 5.95. The molecule has 0 aliphatic heterocycles. The van der Waals surface area contributed by atoms with E-state index < -0.39 is 11.0 Å². The molecule has 1 atom stereocenters. The van der Waals surface area contributed by atoms with E-state index >= 15 is 0 Å². The van der Waals surface area contributed by atoms with Crippen molar-refractivity contribution < 1.29 is 10.0 Å². The third-order valence-electron chi connectivity index (χ3n) is 2.45. The molecule has 0 saturated carbocycles. The van der Waals surface area contributed by atoms with Crippen molar-refractivity contribution in [1.29, 1.82) is 0 Å². The van der Waals surface area contributed by atoms with Gasteiger partial charge in [0.05, 0.1) is 12.6 Å². The van der Waals surface area contributed by atoms with Crippen molar-refractivity contribution in [2.24, 2.45) is 0 Å². The maximum atomic E-state index is 10.5. The number of imidazole rings is 1. The van der Waals surface area contributed by atoms with Gasteiger partial charge in [0.15, 0.2) is 0 Å². The zero-order chi connectivity index (χ0) is 13.1. The Morgan fingerprint density at radius 2 is 2.22 bits per heavy atom. The third-order valence-corrected chi connectivity index (χ3v) is 2.80. The SMILES string of the molecule is O=[N+]([O-])c1cn(CC(O)c2ccccc2Cl)cn1. The average molecular weight is 268 g/mol. The van der Waals surface area contributed by atoms with Crippen LogP contribution in [0.15, 0.2) is 36.8 Å². The topological polar surface area (TPSA) is 81.2 Å². The lowest BCUT2D eigenvalue weighted by Gasteiger charge is -2.12. The van der Waals surface area contributed by atoms with Gasteiger partial charge in [0.2, 0.25) is 6.33 Å². The summed E-state index contributed by atoms with van der Waals surface area (Å²) < 4.78 is 1.45. The first-order valence-corrected chi connectivity index (χ1v) is 5.54. The number of aliphatic hydroxyl groups excluding tert-OH is 1. The molecule has 7 heteroatoms. The van der Waals surface area contributed by atoms with Crippen LogP contribution in [0.5, 0.6) is 0 Å². The summed E-state index contributed by atoms with van der Waals surface area (Å²) in [6.45, 7) is 0.157. The number of halogens is 1. The predicted molar refractivity (Wildman–Crippen MR) is 65.3 cm³/mol. The second-order valence-corrected chi connectivity index (χ2v) is 4.13. The van der Waals surface area contributed by atoms with Crippen molar-refractivity contribution in [3.8, 4) is 0 Å². The Hall–Kier alpha value is -1.92. The molecule has 0 fully saturated rings. The van der Waals surface area contributed by atoms with E-state index in [1.807, 2.05) is 0 Å². The van der Waals surface area contributed by atoms with Gasteiger partial charge in [-0.1, -0.05) is 29.8 Å². The summed E-state index contributed by atoms with van der Waals surface area (Å²) in [6.07, 6.45) is 1.73. The summed E-state index contributed by atoms with van der Waals surface area (Å²) in [5, 5.41) is 20.9. The quantitative estimate of drug-likeness (QED) is 0.680. The Bertz CT molecular complexity index is 570. The molecule has 0 spiro atoms. The lowest BCUT2D eigenvalue weighted by Crippen LogP contribution is -2.07. The number of rotatable bonds is 4. The van der Waals surface area contributed by atoms with Crippen LogP contribution in [0.25, 0.3) is 0 Å². The largest absolute Gasteiger partial charge is 0.386 e. The maximum absolute atomic E-state index is 10.5. The van der Waals surface area contributed by atoms with Crippen LogP contribution in [0.4, 0.5) is 5.82 Å². The summed E-state index contributed by atoms with van der Waals surface area (Å²) in [4.78, 5) is 13.5. The number of nitro groups is 1. The van der Waals surface area contributed by atoms with Crippen molar-refractivity contribution in [2.75, 3.05) is 0 Å². The molecule has 1 unspecified atom stereocenters. The summed E-state index contributed by atoms with van der Waals surface area (Å²) in [5.74, 6) is -0.249. The van der Waals surface area contributed by atoms with Gasteiger partial charge in [0, 0.05) is 10.6 Å². The molecule has 2 rings (SSSR count). The molecule has 1 N–H and O–H groups in total. The normalized spacial score (nSPS) is 12.3. The molecule has 2 aromatic rings. The monoisotopic (exact) mass is 267 g/mol. The standard InChI is InChI=1S/C11H10ClN3O3/c12-9-4-2-1-3-8(9)10(16)5-14-6-11(13-7-14)15(17)18/h1-4,6-7,10,16H,5H2. The Morgan fingerprint density at radius 1 is 1.50 bits per heavy atom. The van der Waals surface area contributed by atoms with Crippen molar-refractivity contribution in [3.05, 3.63) is 57.5 Å². The third kappa shape index (κ3) is 2.66. The van der Waals surface area contributed by atoms with Crippen LogP contribution in [0.1, 0.15) is 11.7 Å². The lowest BCUT2D eigenvalue weighted by atomic mass is 10.1. The molecule has 94 valence electrons. The molecule has 0 radical (unpaired) electrons. The van der Waals surface area contributed by atoms with Crippen LogP contribution in [0.2, 0.25) is 5.02 Å². The second-order valence-electron chi connectivity index (χ2n) is 3.72. The van der Waals surface area contributed by atoms with Crippen LogP contribution in [-0.2, 0) is 6.54 Å². The van der Waals surface area contributed by atoms with E-state index in [9.17, 15) is 15.2 Å². The first kappa shape index (κ1) is 12.5. The van der Waals surface area contributed by atoms with Gasteiger partial charge in [-0.15, -0.1) is 0 Å². The first-order valence-electron chi connectivity index (χ1n) is 5.16. The average Bonchev–Trinajstić information content (AvgIpc) is 2.78. The van der Waals surface area contributed by atoms with E-state index in [0.29, 0.717) is 10.6 Å². The number of benzene rings is 1. The van der Waals surface area contributed by atoms with Crippen molar-refractivity contribution in [1.82, 2.24) is 9.55 Å². The Labute approximate surface area is 108 Å². The number of aliphatic hydroxyl groups is 1. The minimum Gasteiger partial charge on any atom is -0.386 e. The number of hydrogen-bond donors (Lipinski definition) is 1. The van der Waals surface area contributed by atoms with E-state index in [4.69, 9.17) is 11.6 Å². The molecule has 0 amide bonds. The minimum atomic E-state index is -0.840. The van der Waals surface area contributed by atoms with Crippen molar-refractivity contribution in [3.63, 3.8) is 0 Å². The maximum Gasteiger partial charge on any atom is 0.381 e. The van der Waals surface area contributed by atoms with Gasteiger partial charge in [0.25, 0.3) is 0 Å². The summed E-state index contributed by atoms with van der Waals surface area (Å²) in [5.41, 5.74) is 0.579. The predicted octanol–water partition coefficient (Wildman–Crippen LogP) is 2.18. The molecule has 1 heterocycles. The van der Waals surface area contributed by atoms with Crippen LogP contribution in [0.3, 0.4) is 0 Å². The Morgan fingerprint density at radius 3 is 2.83 bits per heavy atom. The smallest absolute Gasteiger partial charge is 0.381 e. The number of nitrogens with zero attached hydrogens (tertiary/aromatic N) is 3. The Kier molecular flexibility index (Phi) is 3.59. The van der Waals surface area contributed by atoms with E-state index in [2.05, 4.69) is 4.98 Å². The highest BCUT2D eigenvalue weighted by Crippen LogP contribution is 2.24. The van der Waals surface area contributed by atoms with Crippen LogP contribution in [0, 0.1) is 10.1 Å². The minimum absolute atomic E-state index is 0.157. The lowest BCUT2D eigenvalue weighted by molar-refractivity contribution is -0.389. The zero-order valence-corrected chi connectivity index (χ0v) is 9.99. The van der Waals surface area contributed by atoms with E-state index in [0.717, 1.165) is 0 Å². The molecule has 0 bridgehead atoms. The van der Waals surface area contributed by atoms with E-state index in [1.165, 1.54) is 17.1 Å². The first-order chi connectivity index (χ1) is 8.58. The molecule has 6 nitrogen and oxygen atoms in total. The number of hydrogen-bond acceptors (Lipinski definition) is 4. The molecule has 1 aromatic heterocycles. The molecule has 1 aromatic carbocycles. The van der Waals surface area contributed by atoms with Gasteiger partial charge < -0.3 is 19.8 Å². The zero-order valence-electron chi connectivity index (χ0n) is 9.23. The molecule has 18 heavy (non-hydrogen) atoms. The summed E-state index contributed by atoms with van der Waals surface area (Å²) in [7, 11) is 0. The molecule has 0 aliphatic rings. The molecule has 0 saturated heterocycles. The van der Waals surface area contributed by atoms with Gasteiger partial charge >= 0.3 is 5.82 Å². The van der Waals surface area contributed by atoms with Gasteiger partial charge in [-0.05, 0) is 16.0 Å². The fraction of sp³-hybridized carbons (Fsp3) is 0.182. The van der Waals surface area contributed by atoms with E-state index in [-0.39, 0.29) is 12.4 Å². The van der Waals surface area contributed by atoms with Gasteiger partial charge in [0.1, 0.15) is 6.20 Å². The summed E-state index contributed by atoms with van der Waals surface area (Å²) in [6, 6.07) is 6.91. The highest BCUT2D eigenvalue weighted by molar-refractivity contribution is 6.31. The van der Waals surface area contributed by atoms with Crippen LogP contribution >= 0.6 is 11.6 Å². The molecular formula is C11H10ClN3O3. The van der Waals surface area contributed by atoms with Crippen molar-refractivity contribution in [2.45, 2.75) is 12.6 Å². The second kappa shape index (κ2) is 5.16. The highest BCUT2D eigenvalue weighted by atomic mass is 35.5. The Balaban J connectivity index is 2.13. The number of aromatic nitrogens is 2. The van der Waals surface area contributed by atoms with Crippen LogP contribution in [-0.4, -0.2) is 19.6 Å².